The van der Waals surface area contributed by atoms with Gasteiger partial charge in [-0.2, -0.15) is 0 Å². The quantitative estimate of drug-likeness (QED) is 0.773. The molecule has 2 saturated heterocycles. The Kier molecular flexibility index (Phi) is 5.70. The van der Waals surface area contributed by atoms with Gasteiger partial charge in [-0.05, 0) is 30.7 Å². The van der Waals surface area contributed by atoms with Gasteiger partial charge >= 0.3 is 6.03 Å². The Morgan fingerprint density at radius 3 is 2.40 bits per heavy atom. The molecule has 1 atom stereocenters. The first kappa shape index (κ1) is 19.9. The summed E-state index contributed by atoms with van der Waals surface area (Å²) in [5, 5.41) is 2.64. The molecule has 0 radical (unpaired) electrons. The van der Waals surface area contributed by atoms with Gasteiger partial charge in [0, 0.05) is 25.9 Å². The summed E-state index contributed by atoms with van der Waals surface area (Å²) < 4.78 is 6.09. The van der Waals surface area contributed by atoms with Crippen LogP contribution in [0, 0.1) is 6.92 Å². The number of benzene rings is 2. The van der Waals surface area contributed by atoms with E-state index in [9.17, 15) is 14.4 Å². The molecule has 156 valence electrons. The van der Waals surface area contributed by atoms with Crippen LogP contribution >= 0.6 is 0 Å². The summed E-state index contributed by atoms with van der Waals surface area (Å²) >= 11 is 0. The first-order valence-electron chi connectivity index (χ1n) is 10.2. The highest BCUT2D eigenvalue weighted by Gasteiger charge is 2.40. The molecule has 0 saturated carbocycles. The molecule has 1 N–H and O–H groups in total. The first-order chi connectivity index (χ1) is 14.5. The number of imide groups is 1. The van der Waals surface area contributed by atoms with Crippen molar-refractivity contribution in [2.75, 3.05) is 18.0 Å². The minimum absolute atomic E-state index is 0.0305. The van der Waals surface area contributed by atoms with E-state index in [4.69, 9.17) is 4.74 Å². The van der Waals surface area contributed by atoms with Crippen molar-refractivity contribution in [1.82, 2.24) is 10.2 Å². The maximum absolute atomic E-state index is 12.7. The van der Waals surface area contributed by atoms with Crippen LogP contribution in [0.25, 0.3) is 0 Å². The Hall–Kier alpha value is -3.35. The summed E-state index contributed by atoms with van der Waals surface area (Å²) in [5.41, 5.74) is 1.60. The molecule has 2 aromatic rings. The van der Waals surface area contributed by atoms with Crippen molar-refractivity contribution < 1.29 is 19.1 Å². The van der Waals surface area contributed by atoms with Gasteiger partial charge in [0.2, 0.25) is 5.91 Å². The maximum Gasteiger partial charge on any atom is 0.329 e. The van der Waals surface area contributed by atoms with E-state index in [2.05, 4.69) is 5.32 Å². The number of hydrogen-bond acceptors (Lipinski definition) is 4. The predicted octanol–water partition coefficient (Wildman–Crippen LogP) is 2.88. The molecule has 2 aliphatic heterocycles. The number of nitrogens with zero attached hydrogens (tertiary/aromatic N) is 2. The van der Waals surface area contributed by atoms with E-state index in [1.807, 2.05) is 37.3 Å². The highest BCUT2D eigenvalue weighted by Crippen LogP contribution is 2.24. The normalized spacial score (nSPS) is 19.7. The molecule has 30 heavy (non-hydrogen) atoms. The third-order valence-corrected chi connectivity index (χ3v) is 5.59. The van der Waals surface area contributed by atoms with Crippen LogP contribution in [0.4, 0.5) is 10.5 Å². The van der Waals surface area contributed by atoms with E-state index in [1.165, 1.54) is 0 Å². The molecular weight excluding hydrogens is 382 g/mol. The van der Waals surface area contributed by atoms with Crippen molar-refractivity contribution in [3.63, 3.8) is 0 Å². The number of carbonyl (C=O) groups excluding carboxylic acids is 3. The molecule has 7 heteroatoms. The lowest BCUT2D eigenvalue weighted by Gasteiger charge is -2.33. The second-order valence-corrected chi connectivity index (χ2v) is 7.68. The van der Waals surface area contributed by atoms with E-state index < -0.39 is 18.0 Å². The van der Waals surface area contributed by atoms with Gasteiger partial charge in [0.05, 0.1) is 12.1 Å². The van der Waals surface area contributed by atoms with Crippen LogP contribution in [0.1, 0.15) is 24.8 Å². The molecule has 0 aliphatic carbocycles. The number of ether oxygens (including phenoxy) is 1. The van der Waals surface area contributed by atoms with E-state index in [0.717, 1.165) is 29.1 Å². The minimum atomic E-state index is -0.828. The second kappa shape index (κ2) is 8.57. The lowest BCUT2D eigenvalue weighted by Crippen LogP contribution is -2.44. The van der Waals surface area contributed by atoms with Gasteiger partial charge in [-0.15, -0.1) is 0 Å². The lowest BCUT2D eigenvalue weighted by molar-refractivity contribution is -0.135. The molecular formula is C23H25N3O4. The Labute approximate surface area is 175 Å². The van der Waals surface area contributed by atoms with Crippen LogP contribution in [0.5, 0.6) is 5.75 Å². The summed E-state index contributed by atoms with van der Waals surface area (Å²) in [4.78, 5) is 40.5. The van der Waals surface area contributed by atoms with E-state index >= 15 is 0 Å². The van der Waals surface area contributed by atoms with Crippen LogP contribution in [-0.2, 0) is 9.59 Å². The number of amides is 4. The van der Waals surface area contributed by atoms with E-state index in [0.29, 0.717) is 18.8 Å². The molecule has 0 unspecified atom stereocenters. The number of para-hydroxylation sites is 2. The zero-order chi connectivity index (χ0) is 21.1. The fourth-order valence-electron chi connectivity index (χ4n) is 3.89. The average Bonchev–Trinajstić information content (AvgIpc) is 3.03. The molecule has 0 spiro atoms. The van der Waals surface area contributed by atoms with Gasteiger partial charge in [-0.25, -0.2) is 9.69 Å². The monoisotopic (exact) mass is 407 g/mol. The number of anilines is 1. The highest BCUT2D eigenvalue weighted by molar-refractivity contribution is 6.22. The fourth-order valence-corrected chi connectivity index (χ4v) is 3.89. The average molecular weight is 407 g/mol. The number of aryl methyl sites for hydroxylation is 1. The van der Waals surface area contributed by atoms with Crippen LogP contribution in [0.3, 0.4) is 0 Å². The number of nitrogens with one attached hydrogen (secondary N) is 1. The Morgan fingerprint density at radius 2 is 1.70 bits per heavy atom. The summed E-state index contributed by atoms with van der Waals surface area (Å²) in [6.45, 7) is 3.17. The molecule has 2 aliphatic rings. The molecule has 0 bridgehead atoms. The molecule has 0 aromatic heterocycles. The van der Waals surface area contributed by atoms with Gasteiger partial charge in [0.1, 0.15) is 17.9 Å². The van der Waals surface area contributed by atoms with Crippen LogP contribution in [0.2, 0.25) is 0 Å². The van der Waals surface area contributed by atoms with Crippen molar-refractivity contribution in [2.24, 2.45) is 0 Å². The van der Waals surface area contributed by atoms with Crippen molar-refractivity contribution in [3.8, 4) is 5.75 Å². The van der Waals surface area contributed by atoms with Gasteiger partial charge in [-0.3, -0.25) is 9.59 Å². The standard InChI is InChI=1S/C23H25N3O4/c1-16-7-5-6-10-20(16)30-18-11-13-25(14-12-18)21(27)15-19-22(28)26(23(29)24-19)17-8-3-2-4-9-17/h2-10,18-19H,11-15H2,1H3,(H,24,29)/t19-/m1/s1. The predicted molar refractivity (Wildman–Crippen MR) is 112 cm³/mol. The maximum atomic E-state index is 12.7. The first-order valence-corrected chi connectivity index (χ1v) is 10.2. The third-order valence-electron chi connectivity index (χ3n) is 5.59. The molecule has 2 fully saturated rings. The van der Waals surface area contributed by atoms with Crippen molar-refractivity contribution in [3.05, 3.63) is 60.2 Å². The summed E-state index contributed by atoms with van der Waals surface area (Å²) in [7, 11) is 0. The van der Waals surface area contributed by atoms with Gasteiger partial charge in [-0.1, -0.05) is 36.4 Å². The highest BCUT2D eigenvalue weighted by atomic mass is 16.5. The van der Waals surface area contributed by atoms with Crippen LogP contribution in [-0.4, -0.2) is 48.0 Å². The number of hydrogen-bond donors (Lipinski definition) is 1. The zero-order valence-corrected chi connectivity index (χ0v) is 16.9. The second-order valence-electron chi connectivity index (χ2n) is 7.68. The Morgan fingerprint density at radius 1 is 1.03 bits per heavy atom. The van der Waals surface area contributed by atoms with Crippen molar-refractivity contribution >= 4 is 23.5 Å². The van der Waals surface area contributed by atoms with Crippen LogP contribution < -0.4 is 15.0 Å². The largest absolute Gasteiger partial charge is 0.490 e. The summed E-state index contributed by atoms with van der Waals surface area (Å²) in [6.07, 6.45) is 1.51. The fraction of sp³-hybridized carbons (Fsp3) is 0.348. The SMILES string of the molecule is Cc1ccccc1OC1CCN(C(=O)C[C@H]2NC(=O)N(c3ccccc3)C2=O)CC1. The van der Waals surface area contributed by atoms with Gasteiger partial charge < -0.3 is 15.0 Å². The van der Waals surface area contributed by atoms with Gasteiger partial charge in [0.25, 0.3) is 5.91 Å². The van der Waals surface area contributed by atoms with Crippen molar-refractivity contribution in [2.45, 2.75) is 38.3 Å². The van der Waals surface area contributed by atoms with Crippen molar-refractivity contribution in [1.29, 1.82) is 0 Å². The molecule has 7 nitrogen and oxygen atoms in total. The zero-order valence-electron chi connectivity index (χ0n) is 16.9. The Bertz CT molecular complexity index is 938. The number of carbonyl (C=O) groups is 3. The smallest absolute Gasteiger partial charge is 0.329 e. The van der Waals surface area contributed by atoms with Gasteiger partial charge in [0.15, 0.2) is 0 Å². The summed E-state index contributed by atoms with van der Waals surface area (Å²) in [5.74, 6) is 0.359. The number of piperidine rings is 1. The lowest BCUT2D eigenvalue weighted by atomic mass is 10.1. The van der Waals surface area contributed by atoms with E-state index in [-0.39, 0.29) is 18.4 Å². The topological polar surface area (TPSA) is 79.0 Å². The van der Waals surface area contributed by atoms with E-state index in [1.54, 1.807) is 29.2 Å². The van der Waals surface area contributed by atoms with Crippen LogP contribution in [0.15, 0.2) is 54.6 Å². The molecule has 4 rings (SSSR count). The number of likely N-dealkylation sites (tertiary alicyclic amines) is 1. The Balaban J connectivity index is 1.30. The third kappa shape index (κ3) is 4.15. The minimum Gasteiger partial charge on any atom is -0.490 e. The molecule has 4 amide bonds. The molecule has 2 aromatic carbocycles. The molecule has 2 heterocycles. The summed E-state index contributed by atoms with van der Waals surface area (Å²) in [6, 6.07) is 15.3. The number of rotatable bonds is 5. The number of urea groups is 1.